The summed E-state index contributed by atoms with van der Waals surface area (Å²) in [5.74, 6) is 0.654. The highest BCUT2D eigenvalue weighted by molar-refractivity contribution is 7.98. The molecule has 0 fully saturated rings. The van der Waals surface area contributed by atoms with Crippen LogP contribution in [0.15, 0.2) is 47.4 Å². The minimum absolute atomic E-state index is 0.00445. The monoisotopic (exact) mass is 286 g/mol. The summed E-state index contributed by atoms with van der Waals surface area (Å²) >= 11 is 1.66. The molecular weight excluding hydrogens is 268 g/mol. The van der Waals surface area contributed by atoms with Crippen LogP contribution < -0.4 is 4.74 Å². The van der Waals surface area contributed by atoms with Crippen LogP contribution in [0.5, 0.6) is 5.75 Å². The van der Waals surface area contributed by atoms with Crippen LogP contribution in [0.3, 0.4) is 0 Å². The molecule has 0 atom stereocenters. The maximum atomic E-state index is 12.6. The summed E-state index contributed by atoms with van der Waals surface area (Å²) in [7, 11) is 0. The van der Waals surface area contributed by atoms with Gasteiger partial charge in [0, 0.05) is 10.5 Å². The Morgan fingerprint density at radius 1 is 1.15 bits per heavy atom. The lowest BCUT2D eigenvalue weighted by atomic mass is 10.0. The molecule has 2 rings (SSSR count). The molecule has 0 saturated heterocycles. The number of rotatable bonds is 5. The van der Waals surface area contributed by atoms with Crippen LogP contribution in [0.1, 0.15) is 28.4 Å². The van der Waals surface area contributed by atoms with Crippen molar-refractivity contribution in [2.24, 2.45) is 0 Å². The Balaban J connectivity index is 2.38. The van der Waals surface area contributed by atoms with E-state index in [1.807, 2.05) is 62.6 Å². The van der Waals surface area contributed by atoms with E-state index in [2.05, 4.69) is 0 Å². The van der Waals surface area contributed by atoms with Crippen LogP contribution in [-0.2, 0) is 0 Å². The Kier molecular flexibility index (Phi) is 4.85. The Morgan fingerprint density at radius 2 is 1.85 bits per heavy atom. The lowest BCUT2D eigenvalue weighted by Crippen LogP contribution is -2.06. The molecular formula is C17H18O2S. The predicted octanol–water partition coefficient (Wildman–Crippen LogP) is 4.35. The zero-order valence-corrected chi connectivity index (χ0v) is 12.8. The molecule has 2 nitrogen and oxygen atoms in total. The molecule has 0 aliphatic rings. The largest absolute Gasteiger partial charge is 0.493 e. The van der Waals surface area contributed by atoms with Gasteiger partial charge in [0.05, 0.1) is 12.2 Å². The zero-order chi connectivity index (χ0) is 14.5. The molecule has 20 heavy (non-hydrogen) atoms. The third-order valence-corrected chi connectivity index (χ3v) is 3.78. The summed E-state index contributed by atoms with van der Waals surface area (Å²) < 4.78 is 5.55. The topological polar surface area (TPSA) is 26.3 Å². The van der Waals surface area contributed by atoms with Crippen molar-refractivity contribution in [1.82, 2.24) is 0 Å². The second kappa shape index (κ2) is 6.62. The fraction of sp³-hybridized carbons (Fsp3) is 0.235. The normalized spacial score (nSPS) is 10.3. The van der Waals surface area contributed by atoms with Crippen molar-refractivity contribution in [3.63, 3.8) is 0 Å². The minimum atomic E-state index is 0.00445. The van der Waals surface area contributed by atoms with E-state index in [0.29, 0.717) is 23.5 Å². The molecule has 0 amide bonds. The smallest absolute Gasteiger partial charge is 0.196 e. The van der Waals surface area contributed by atoms with Crippen LogP contribution >= 0.6 is 11.8 Å². The predicted molar refractivity (Wildman–Crippen MR) is 84.0 cm³/mol. The molecule has 2 aromatic rings. The number of ether oxygens (including phenoxy) is 1. The fourth-order valence-electron chi connectivity index (χ4n) is 2.00. The van der Waals surface area contributed by atoms with Crippen molar-refractivity contribution >= 4 is 17.5 Å². The van der Waals surface area contributed by atoms with Crippen LogP contribution in [0, 0.1) is 6.92 Å². The first kappa shape index (κ1) is 14.7. The van der Waals surface area contributed by atoms with Gasteiger partial charge in [0.15, 0.2) is 5.78 Å². The van der Waals surface area contributed by atoms with E-state index in [9.17, 15) is 4.79 Å². The fourth-order valence-corrected chi connectivity index (χ4v) is 2.41. The van der Waals surface area contributed by atoms with E-state index in [-0.39, 0.29) is 5.78 Å². The maximum absolute atomic E-state index is 12.6. The van der Waals surface area contributed by atoms with Crippen molar-refractivity contribution in [2.75, 3.05) is 12.9 Å². The van der Waals surface area contributed by atoms with Gasteiger partial charge in [-0.05, 0) is 56.5 Å². The number of aryl methyl sites for hydroxylation is 1. The van der Waals surface area contributed by atoms with Crippen LogP contribution in [0.4, 0.5) is 0 Å². The maximum Gasteiger partial charge on any atom is 0.196 e. The van der Waals surface area contributed by atoms with E-state index in [1.54, 1.807) is 11.8 Å². The highest BCUT2D eigenvalue weighted by atomic mass is 32.2. The van der Waals surface area contributed by atoms with Crippen LogP contribution in [0.2, 0.25) is 0 Å². The summed E-state index contributed by atoms with van der Waals surface area (Å²) in [6.45, 7) is 4.44. The highest BCUT2D eigenvalue weighted by Crippen LogP contribution is 2.24. The molecule has 0 radical (unpaired) electrons. The van der Waals surface area contributed by atoms with Gasteiger partial charge >= 0.3 is 0 Å². The molecule has 0 aliphatic heterocycles. The van der Waals surface area contributed by atoms with E-state index in [1.165, 1.54) is 0 Å². The van der Waals surface area contributed by atoms with Gasteiger partial charge in [-0.15, -0.1) is 11.8 Å². The average Bonchev–Trinajstić information content (AvgIpc) is 2.48. The van der Waals surface area contributed by atoms with Crippen molar-refractivity contribution < 1.29 is 9.53 Å². The molecule has 0 aliphatic carbocycles. The van der Waals surface area contributed by atoms with Crippen molar-refractivity contribution in [3.8, 4) is 5.75 Å². The Labute approximate surface area is 124 Å². The van der Waals surface area contributed by atoms with Crippen LogP contribution in [-0.4, -0.2) is 18.6 Å². The summed E-state index contributed by atoms with van der Waals surface area (Å²) in [6.07, 6.45) is 2.02. The average molecular weight is 286 g/mol. The van der Waals surface area contributed by atoms with E-state index in [4.69, 9.17) is 4.74 Å². The standard InChI is InChI=1S/C17H18O2S/c1-4-19-16-10-5-12(2)11-15(16)17(18)13-6-8-14(20-3)9-7-13/h5-11H,4H2,1-3H3. The molecule has 104 valence electrons. The number of hydrogen-bond acceptors (Lipinski definition) is 3. The number of carbonyl (C=O) groups is 1. The van der Waals surface area contributed by atoms with Gasteiger partial charge < -0.3 is 4.74 Å². The summed E-state index contributed by atoms with van der Waals surface area (Å²) in [4.78, 5) is 13.8. The van der Waals surface area contributed by atoms with Gasteiger partial charge in [-0.2, -0.15) is 0 Å². The number of carbonyl (C=O) groups excluding carboxylic acids is 1. The highest BCUT2D eigenvalue weighted by Gasteiger charge is 2.14. The van der Waals surface area contributed by atoms with E-state index < -0.39 is 0 Å². The molecule has 0 saturated carbocycles. The van der Waals surface area contributed by atoms with Crippen molar-refractivity contribution in [3.05, 3.63) is 59.2 Å². The van der Waals surface area contributed by atoms with Gasteiger partial charge in [-0.25, -0.2) is 0 Å². The quantitative estimate of drug-likeness (QED) is 0.604. The van der Waals surface area contributed by atoms with E-state index in [0.717, 1.165) is 10.5 Å². The van der Waals surface area contributed by atoms with E-state index >= 15 is 0 Å². The second-order valence-corrected chi connectivity index (χ2v) is 5.37. The summed E-state index contributed by atoms with van der Waals surface area (Å²) in [5.41, 5.74) is 2.37. The van der Waals surface area contributed by atoms with Crippen LogP contribution in [0.25, 0.3) is 0 Å². The third-order valence-electron chi connectivity index (χ3n) is 3.03. The molecule has 2 aromatic carbocycles. The van der Waals surface area contributed by atoms with Gasteiger partial charge in [0.2, 0.25) is 0 Å². The van der Waals surface area contributed by atoms with Gasteiger partial charge in [-0.1, -0.05) is 11.6 Å². The van der Waals surface area contributed by atoms with Gasteiger partial charge in [0.1, 0.15) is 5.75 Å². The molecule has 3 heteroatoms. The number of hydrogen-bond donors (Lipinski definition) is 0. The SMILES string of the molecule is CCOc1ccc(C)cc1C(=O)c1ccc(SC)cc1. The first-order valence-electron chi connectivity index (χ1n) is 6.58. The number of thioether (sulfide) groups is 1. The second-order valence-electron chi connectivity index (χ2n) is 4.49. The van der Waals surface area contributed by atoms with Gasteiger partial charge in [0.25, 0.3) is 0 Å². The molecule has 0 bridgehead atoms. The number of ketones is 1. The zero-order valence-electron chi connectivity index (χ0n) is 12.0. The Bertz CT molecular complexity index is 603. The van der Waals surface area contributed by atoms with Crippen molar-refractivity contribution in [1.29, 1.82) is 0 Å². The molecule has 0 heterocycles. The molecule has 0 N–H and O–H groups in total. The summed E-state index contributed by atoms with van der Waals surface area (Å²) in [6, 6.07) is 13.4. The molecule has 0 aromatic heterocycles. The lowest BCUT2D eigenvalue weighted by Gasteiger charge is -2.10. The number of benzene rings is 2. The molecule has 0 unspecified atom stereocenters. The minimum Gasteiger partial charge on any atom is -0.493 e. The first-order valence-corrected chi connectivity index (χ1v) is 7.80. The van der Waals surface area contributed by atoms with Gasteiger partial charge in [-0.3, -0.25) is 4.79 Å². The Morgan fingerprint density at radius 3 is 2.45 bits per heavy atom. The molecule has 0 spiro atoms. The Hall–Kier alpha value is -1.74. The summed E-state index contributed by atoms with van der Waals surface area (Å²) in [5, 5.41) is 0. The van der Waals surface area contributed by atoms with Crippen molar-refractivity contribution in [2.45, 2.75) is 18.7 Å². The first-order chi connectivity index (χ1) is 9.65. The lowest BCUT2D eigenvalue weighted by molar-refractivity contribution is 0.103. The third kappa shape index (κ3) is 3.23.